The SMILES string of the molecule is NCCC(=O)c1c(O)cccc1Br. The zero-order valence-electron chi connectivity index (χ0n) is 6.96. The quantitative estimate of drug-likeness (QED) is 0.795. The van der Waals surface area contributed by atoms with Gasteiger partial charge in [0.15, 0.2) is 5.78 Å². The molecule has 3 N–H and O–H groups in total. The molecular formula is C9H10BrNO2. The molecule has 0 atom stereocenters. The number of aromatic hydroxyl groups is 1. The van der Waals surface area contributed by atoms with Crippen LogP contribution >= 0.6 is 15.9 Å². The summed E-state index contributed by atoms with van der Waals surface area (Å²) in [4.78, 5) is 11.4. The van der Waals surface area contributed by atoms with Crippen molar-refractivity contribution in [3.8, 4) is 5.75 Å². The lowest BCUT2D eigenvalue weighted by Crippen LogP contribution is -2.08. The molecule has 0 saturated heterocycles. The van der Waals surface area contributed by atoms with E-state index in [-0.39, 0.29) is 18.0 Å². The lowest BCUT2D eigenvalue weighted by Gasteiger charge is -2.04. The normalized spacial score (nSPS) is 10.0. The van der Waals surface area contributed by atoms with E-state index in [1.807, 2.05) is 0 Å². The van der Waals surface area contributed by atoms with Crippen LogP contribution in [-0.2, 0) is 0 Å². The van der Waals surface area contributed by atoms with E-state index in [9.17, 15) is 9.90 Å². The van der Waals surface area contributed by atoms with Crippen molar-refractivity contribution in [1.82, 2.24) is 0 Å². The fourth-order valence-electron chi connectivity index (χ4n) is 1.04. The van der Waals surface area contributed by atoms with Gasteiger partial charge in [-0.05, 0) is 34.6 Å². The van der Waals surface area contributed by atoms with Crippen LogP contribution in [0.5, 0.6) is 5.75 Å². The summed E-state index contributed by atoms with van der Waals surface area (Å²) in [5.74, 6) is -0.152. The van der Waals surface area contributed by atoms with Crippen LogP contribution in [-0.4, -0.2) is 17.4 Å². The van der Waals surface area contributed by atoms with Crippen LogP contribution < -0.4 is 5.73 Å². The van der Waals surface area contributed by atoms with E-state index < -0.39 is 0 Å². The van der Waals surface area contributed by atoms with E-state index in [1.165, 1.54) is 6.07 Å². The fourth-order valence-corrected chi connectivity index (χ4v) is 1.62. The molecule has 1 rings (SSSR count). The van der Waals surface area contributed by atoms with Crippen molar-refractivity contribution in [2.45, 2.75) is 6.42 Å². The van der Waals surface area contributed by atoms with Crippen molar-refractivity contribution in [1.29, 1.82) is 0 Å². The number of phenols is 1. The van der Waals surface area contributed by atoms with Gasteiger partial charge in [0.05, 0.1) is 5.56 Å². The molecule has 13 heavy (non-hydrogen) atoms. The average molecular weight is 244 g/mol. The van der Waals surface area contributed by atoms with Gasteiger partial charge >= 0.3 is 0 Å². The van der Waals surface area contributed by atoms with Gasteiger partial charge in [-0.25, -0.2) is 0 Å². The van der Waals surface area contributed by atoms with Gasteiger partial charge in [-0.3, -0.25) is 4.79 Å². The van der Waals surface area contributed by atoms with Gasteiger partial charge in [-0.15, -0.1) is 0 Å². The molecule has 0 aromatic heterocycles. The van der Waals surface area contributed by atoms with Gasteiger partial charge in [-0.2, -0.15) is 0 Å². The zero-order valence-corrected chi connectivity index (χ0v) is 8.54. The number of nitrogens with two attached hydrogens (primary N) is 1. The third kappa shape index (κ3) is 2.29. The zero-order chi connectivity index (χ0) is 9.84. The largest absolute Gasteiger partial charge is 0.507 e. The molecule has 4 heteroatoms. The highest BCUT2D eigenvalue weighted by molar-refractivity contribution is 9.10. The summed E-state index contributed by atoms with van der Waals surface area (Å²) in [6.45, 7) is 0.291. The van der Waals surface area contributed by atoms with Gasteiger partial charge in [-0.1, -0.05) is 6.07 Å². The number of phenolic OH excluding ortho intramolecular Hbond substituents is 1. The molecule has 0 saturated carbocycles. The van der Waals surface area contributed by atoms with Crippen molar-refractivity contribution >= 4 is 21.7 Å². The Morgan fingerprint density at radius 1 is 1.54 bits per heavy atom. The van der Waals surface area contributed by atoms with Crippen LogP contribution in [0.1, 0.15) is 16.8 Å². The molecule has 0 heterocycles. The predicted octanol–water partition coefficient (Wildman–Crippen LogP) is 1.69. The highest BCUT2D eigenvalue weighted by atomic mass is 79.9. The molecule has 1 aromatic carbocycles. The molecule has 1 aromatic rings. The lowest BCUT2D eigenvalue weighted by molar-refractivity contribution is 0.0982. The number of rotatable bonds is 3. The number of ketones is 1. The van der Waals surface area contributed by atoms with Crippen LogP contribution in [0.4, 0.5) is 0 Å². The van der Waals surface area contributed by atoms with E-state index in [0.29, 0.717) is 16.6 Å². The van der Waals surface area contributed by atoms with Crippen molar-refractivity contribution in [3.05, 3.63) is 28.2 Å². The molecule has 0 amide bonds. The first-order valence-electron chi connectivity index (χ1n) is 3.87. The molecule has 0 aliphatic heterocycles. The number of hydrogen-bond acceptors (Lipinski definition) is 3. The first-order chi connectivity index (χ1) is 6.16. The maximum absolute atomic E-state index is 11.4. The lowest BCUT2D eigenvalue weighted by atomic mass is 10.1. The second kappa shape index (κ2) is 4.39. The number of carbonyl (C=O) groups is 1. The monoisotopic (exact) mass is 243 g/mol. The van der Waals surface area contributed by atoms with Crippen molar-refractivity contribution in [3.63, 3.8) is 0 Å². The van der Waals surface area contributed by atoms with E-state index in [2.05, 4.69) is 15.9 Å². The second-order valence-corrected chi connectivity index (χ2v) is 3.45. The Morgan fingerprint density at radius 3 is 2.77 bits per heavy atom. The first-order valence-corrected chi connectivity index (χ1v) is 4.67. The maximum Gasteiger partial charge on any atom is 0.168 e. The highest BCUT2D eigenvalue weighted by Gasteiger charge is 2.13. The molecule has 70 valence electrons. The summed E-state index contributed by atoms with van der Waals surface area (Å²) in [6, 6.07) is 4.86. The Morgan fingerprint density at radius 2 is 2.23 bits per heavy atom. The topological polar surface area (TPSA) is 63.3 Å². The number of halogens is 1. The van der Waals surface area contributed by atoms with Gasteiger partial charge in [0.1, 0.15) is 5.75 Å². The number of Topliss-reactive ketones (excluding diaryl/α,β-unsaturated/α-hetero) is 1. The average Bonchev–Trinajstić information content (AvgIpc) is 2.04. The third-order valence-corrected chi connectivity index (χ3v) is 2.30. The van der Waals surface area contributed by atoms with E-state index in [1.54, 1.807) is 12.1 Å². The molecule has 0 radical (unpaired) electrons. The first kappa shape index (κ1) is 10.2. The Hall–Kier alpha value is -0.870. The number of hydrogen-bond donors (Lipinski definition) is 2. The van der Waals surface area contributed by atoms with Crippen LogP contribution in [0.25, 0.3) is 0 Å². The number of carbonyl (C=O) groups excluding carboxylic acids is 1. The van der Waals surface area contributed by atoms with Gasteiger partial charge < -0.3 is 10.8 Å². The fraction of sp³-hybridized carbons (Fsp3) is 0.222. The van der Waals surface area contributed by atoms with Gasteiger partial charge in [0.2, 0.25) is 0 Å². The molecule has 0 spiro atoms. The summed E-state index contributed by atoms with van der Waals surface area (Å²) in [5.41, 5.74) is 5.56. The third-order valence-electron chi connectivity index (χ3n) is 1.64. The summed E-state index contributed by atoms with van der Waals surface area (Å²) in [6.07, 6.45) is 0.246. The molecular weight excluding hydrogens is 234 g/mol. The van der Waals surface area contributed by atoms with E-state index in [4.69, 9.17) is 5.73 Å². The van der Waals surface area contributed by atoms with Crippen molar-refractivity contribution < 1.29 is 9.90 Å². The highest BCUT2D eigenvalue weighted by Crippen LogP contribution is 2.26. The Kier molecular flexibility index (Phi) is 3.45. The standard InChI is InChI=1S/C9H10BrNO2/c10-6-2-1-3-7(12)9(6)8(13)4-5-11/h1-3,12H,4-5,11H2. The molecule has 0 aliphatic carbocycles. The Bertz CT molecular complexity index is 305. The summed E-state index contributed by atoms with van der Waals surface area (Å²) >= 11 is 3.20. The van der Waals surface area contributed by atoms with Gasteiger partial charge in [0.25, 0.3) is 0 Å². The van der Waals surface area contributed by atoms with Gasteiger partial charge in [0, 0.05) is 10.9 Å². The minimum absolute atomic E-state index is 0.00664. The van der Waals surface area contributed by atoms with E-state index in [0.717, 1.165) is 0 Å². The van der Waals surface area contributed by atoms with Crippen LogP contribution in [0.2, 0.25) is 0 Å². The molecule has 0 fully saturated rings. The van der Waals surface area contributed by atoms with Crippen LogP contribution in [0.15, 0.2) is 22.7 Å². The summed E-state index contributed by atoms with van der Waals surface area (Å²) in [7, 11) is 0. The Balaban J connectivity index is 3.05. The minimum atomic E-state index is -0.146. The predicted molar refractivity (Wildman–Crippen MR) is 53.8 cm³/mol. The smallest absolute Gasteiger partial charge is 0.168 e. The minimum Gasteiger partial charge on any atom is -0.507 e. The molecule has 0 bridgehead atoms. The molecule has 0 unspecified atom stereocenters. The maximum atomic E-state index is 11.4. The molecule has 3 nitrogen and oxygen atoms in total. The van der Waals surface area contributed by atoms with Crippen molar-refractivity contribution in [2.24, 2.45) is 5.73 Å². The number of benzene rings is 1. The van der Waals surface area contributed by atoms with E-state index >= 15 is 0 Å². The Labute approximate surface area is 84.7 Å². The van der Waals surface area contributed by atoms with Crippen molar-refractivity contribution in [2.75, 3.05) is 6.54 Å². The summed E-state index contributed by atoms with van der Waals surface area (Å²) in [5, 5.41) is 9.40. The second-order valence-electron chi connectivity index (χ2n) is 2.60. The van der Waals surface area contributed by atoms with Crippen LogP contribution in [0, 0.1) is 0 Å². The summed E-state index contributed by atoms with van der Waals surface area (Å²) < 4.78 is 0.603. The van der Waals surface area contributed by atoms with Crippen LogP contribution in [0.3, 0.4) is 0 Å². The molecule has 0 aliphatic rings.